The van der Waals surface area contributed by atoms with E-state index in [4.69, 9.17) is 21.4 Å². The Hall–Kier alpha value is -2.18. The van der Waals surface area contributed by atoms with Crippen LogP contribution < -0.4 is 4.74 Å². The molecule has 0 unspecified atom stereocenters. The fourth-order valence-electron chi connectivity index (χ4n) is 1.58. The van der Waals surface area contributed by atoms with E-state index in [2.05, 4.69) is 4.98 Å². The Labute approximate surface area is 119 Å². The van der Waals surface area contributed by atoms with Gasteiger partial charge in [-0.15, -0.1) is 0 Å². The van der Waals surface area contributed by atoms with Crippen LogP contribution in [0.25, 0.3) is 0 Å². The van der Waals surface area contributed by atoms with Crippen LogP contribution in [0, 0.1) is 10.1 Å². The molecule has 0 fully saturated rings. The van der Waals surface area contributed by atoms with Crippen LogP contribution in [0.3, 0.4) is 0 Å². The molecule has 1 N–H and O–H groups in total. The van der Waals surface area contributed by atoms with Gasteiger partial charge in [0.2, 0.25) is 0 Å². The summed E-state index contributed by atoms with van der Waals surface area (Å²) in [5.74, 6) is 0.464. The van der Waals surface area contributed by atoms with Crippen molar-refractivity contribution in [1.82, 2.24) is 4.98 Å². The van der Waals surface area contributed by atoms with Crippen LogP contribution in [0.2, 0.25) is 5.02 Å². The Morgan fingerprint density at radius 2 is 2.15 bits per heavy atom. The lowest BCUT2D eigenvalue weighted by atomic mass is 10.2. The van der Waals surface area contributed by atoms with Crippen molar-refractivity contribution in [2.75, 3.05) is 0 Å². The second-order valence-electron chi connectivity index (χ2n) is 3.96. The second kappa shape index (κ2) is 6.31. The smallest absolute Gasteiger partial charge is 0.277 e. The number of benzene rings is 1. The number of aromatic nitrogens is 1. The van der Waals surface area contributed by atoms with Crippen molar-refractivity contribution in [3.63, 3.8) is 0 Å². The number of rotatable bonds is 5. The first-order valence-corrected chi connectivity index (χ1v) is 6.09. The highest BCUT2D eigenvalue weighted by Crippen LogP contribution is 2.24. The van der Waals surface area contributed by atoms with Crippen molar-refractivity contribution in [3.05, 3.63) is 62.9 Å². The molecule has 20 heavy (non-hydrogen) atoms. The highest BCUT2D eigenvalue weighted by Gasteiger charge is 2.14. The van der Waals surface area contributed by atoms with E-state index in [1.807, 2.05) is 0 Å². The molecule has 1 heterocycles. The number of ether oxygens (including phenoxy) is 1. The minimum absolute atomic E-state index is 0.0354. The zero-order chi connectivity index (χ0) is 14.5. The van der Waals surface area contributed by atoms with Crippen molar-refractivity contribution < 1.29 is 14.8 Å². The first-order valence-electron chi connectivity index (χ1n) is 5.71. The fraction of sp³-hybridized carbons (Fsp3) is 0.154. The van der Waals surface area contributed by atoms with Gasteiger partial charge in [-0.25, -0.2) is 0 Å². The van der Waals surface area contributed by atoms with E-state index in [0.717, 1.165) is 0 Å². The summed E-state index contributed by atoms with van der Waals surface area (Å²) < 4.78 is 5.43. The van der Waals surface area contributed by atoms with Crippen molar-refractivity contribution in [3.8, 4) is 5.75 Å². The largest absolute Gasteiger partial charge is 0.487 e. The SMILES string of the molecule is O=[N+]([O-])c1cc(Cl)ccc1COc1ccc(CO)nc1. The molecule has 104 valence electrons. The minimum Gasteiger partial charge on any atom is -0.487 e. The van der Waals surface area contributed by atoms with Gasteiger partial charge in [0.05, 0.1) is 29.0 Å². The number of nitrogens with zero attached hydrogens (tertiary/aromatic N) is 2. The lowest BCUT2D eigenvalue weighted by molar-refractivity contribution is -0.385. The third-order valence-electron chi connectivity index (χ3n) is 2.60. The van der Waals surface area contributed by atoms with Crippen molar-refractivity contribution in [2.45, 2.75) is 13.2 Å². The Morgan fingerprint density at radius 3 is 2.75 bits per heavy atom. The maximum atomic E-state index is 10.9. The standard InChI is InChI=1S/C13H11ClN2O4/c14-10-2-1-9(13(5-10)16(18)19)8-20-12-4-3-11(7-17)15-6-12/h1-6,17H,7-8H2. The molecule has 0 aliphatic rings. The second-order valence-corrected chi connectivity index (χ2v) is 4.40. The van der Waals surface area contributed by atoms with Gasteiger partial charge in [0.15, 0.2) is 0 Å². The number of halogens is 1. The molecule has 0 saturated carbocycles. The van der Waals surface area contributed by atoms with Gasteiger partial charge in [0.1, 0.15) is 12.4 Å². The number of hydrogen-bond acceptors (Lipinski definition) is 5. The molecule has 7 heteroatoms. The van der Waals surface area contributed by atoms with E-state index in [9.17, 15) is 10.1 Å². The quantitative estimate of drug-likeness (QED) is 0.677. The van der Waals surface area contributed by atoms with Gasteiger partial charge in [-0.3, -0.25) is 15.1 Å². The molecular formula is C13H11ClN2O4. The van der Waals surface area contributed by atoms with Crippen LogP contribution in [-0.2, 0) is 13.2 Å². The number of pyridine rings is 1. The third-order valence-corrected chi connectivity index (χ3v) is 2.83. The molecule has 2 rings (SSSR count). The van der Waals surface area contributed by atoms with E-state index < -0.39 is 4.92 Å². The van der Waals surface area contributed by atoms with Crippen molar-refractivity contribution in [1.29, 1.82) is 0 Å². The predicted molar refractivity (Wildman–Crippen MR) is 72.6 cm³/mol. The minimum atomic E-state index is -0.502. The molecular weight excluding hydrogens is 284 g/mol. The summed E-state index contributed by atoms with van der Waals surface area (Å²) in [5, 5.41) is 20.1. The van der Waals surface area contributed by atoms with Gasteiger partial charge >= 0.3 is 0 Å². The van der Waals surface area contributed by atoms with E-state index in [-0.39, 0.29) is 18.9 Å². The summed E-state index contributed by atoms with van der Waals surface area (Å²) in [5.41, 5.74) is 0.859. The number of nitro groups is 1. The van der Waals surface area contributed by atoms with Crippen LogP contribution >= 0.6 is 11.6 Å². The summed E-state index contributed by atoms with van der Waals surface area (Å²) in [6, 6.07) is 7.66. The Balaban J connectivity index is 2.12. The molecule has 0 amide bonds. The number of aliphatic hydroxyl groups excluding tert-OH is 1. The Bertz CT molecular complexity index is 616. The number of hydrogen-bond donors (Lipinski definition) is 1. The van der Waals surface area contributed by atoms with Gasteiger partial charge < -0.3 is 9.84 Å². The normalized spacial score (nSPS) is 10.3. The highest BCUT2D eigenvalue weighted by molar-refractivity contribution is 6.30. The molecule has 2 aromatic rings. The van der Waals surface area contributed by atoms with E-state index in [1.54, 1.807) is 24.3 Å². The molecule has 0 atom stereocenters. The van der Waals surface area contributed by atoms with Crippen LogP contribution in [-0.4, -0.2) is 15.0 Å². The topological polar surface area (TPSA) is 85.5 Å². The predicted octanol–water partition coefficient (Wildman–Crippen LogP) is 2.71. The molecule has 0 spiro atoms. The van der Waals surface area contributed by atoms with E-state index in [0.29, 0.717) is 22.0 Å². The third kappa shape index (κ3) is 3.43. The van der Waals surface area contributed by atoms with Crippen LogP contribution in [0.15, 0.2) is 36.5 Å². The van der Waals surface area contributed by atoms with Crippen molar-refractivity contribution in [2.24, 2.45) is 0 Å². The van der Waals surface area contributed by atoms with Crippen molar-refractivity contribution >= 4 is 17.3 Å². The van der Waals surface area contributed by atoms with E-state index >= 15 is 0 Å². The first-order chi connectivity index (χ1) is 9.60. The van der Waals surface area contributed by atoms with Gasteiger partial charge in [0, 0.05) is 11.1 Å². The summed E-state index contributed by atoms with van der Waals surface area (Å²) in [6.07, 6.45) is 1.45. The van der Waals surface area contributed by atoms with Gasteiger partial charge in [-0.2, -0.15) is 0 Å². The van der Waals surface area contributed by atoms with Crippen LogP contribution in [0.4, 0.5) is 5.69 Å². The Kier molecular flexibility index (Phi) is 4.49. The highest BCUT2D eigenvalue weighted by atomic mass is 35.5. The Morgan fingerprint density at radius 1 is 1.35 bits per heavy atom. The van der Waals surface area contributed by atoms with Gasteiger partial charge in [-0.1, -0.05) is 11.6 Å². The zero-order valence-corrected chi connectivity index (χ0v) is 11.1. The number of nitro benzene ring substituents is 1. The summed E-state index contributed by atoms with van der Waals surface area (Å²) in [4.78, 5) is 14.4. The molecule has 0 aliphatic carbocycles. The molecule has 1 aromatic carbocycles. The molecule has 0 radical (unpaired) electrons. The van der Waals surface area contributed by atoms with Crippen LogP contribution in [0.1, 0.15) is 11.3 Å². The maximum Gasteiger partial charge on any atom is 0.277 e. The molecule has 6 nitrogen and oxygen atoms in total. The maximum absolute atomic E-state index is 10.9. The van der Waals surface area contributed by atoms with Gasteiger partial charge in [0.25, 0.3) is 5.69 Å². The van der Waals surface area contributed by atoms with Gasteiger partial charge in [-0.05, 0) is 24.3 Å². The zero-order valence-electron chi connectivity index (χ0n) is 10.3. The first kappa shape index (κ1) is 14.2. The monoisotopic (exact) mass is 294 g/mol. The molecule has 1 aromatic heterocycles. The van der Waals surface area contributed by atoms with Crippen LogP contribution in [0.5, 0.6) is 5.75 Å². The summed E-state index contributed by atoms with van der Waals surface area (Å²) in [6.45, 7) is -0.115. The lowest BCUT2D eigenvalue weighted by Gasteiger charge is -2.07. The average molecular weight is 295 g/mol. The van der Waals surface area contributed by atoms with E-state index in [1.165, 1.54) is 12.3 Å². The fourth-order valence-corrected chi connectivity index (χ4v) is 1.75. The molecule has 0 saturated heterocycles. The lowest BCUT2D eigenvalue weighted by Crippen LogP contribution is -2.01. The number of aliphatic hydroxyl groups is 1. The molecule has 0 bridgehead atoms. The molecule has 0 aliphatic heterocycles. The summed E-state index contributed by atoms with van der Waals surface area (Å²) >= 11 is 5.73. The summed E-state index contributed by atoms with van der Waals surface area (Å²) in [7, 11) is 0. The average Bonchev–Trinajstić information content (AvgIpc) is 2.46.